The lowest BCUT2D eigenvalue weighted by Gasteiger charge is -2.14. The third kappa shape index (κ3) is 8.35. The van der Waals surface area contributed by atoms with E-state index in [-0.39, 0.29) is 5.82 Å². The highest BCUT2D eigenvalue weighted by Crippen LogP contribution is 2.53. The minimum Gasteiger partial charge on any atom is -0.243 e. The maximum Gasteiger partial charge on any atom is 0.146 e. The molecule has 5 nitrogen and oxygen atoms in total. The van der Waals surface area contributed by atoms with Gasteiger partial charge in [0, 0.05) is 20.9 Å². The van der Waals surface area contributed by atoms with Crippen molar-refractivity contribution in [3.05, 3.63) is 95.8 Å². The molecule has 2 atom stereocenters. The number of unbranched alkanes of at least 4 members (excludes halogenated alkanes) is 2. The van der Waals surface area contributed by atoms with Crippen molar-refractivity contribution in [1.29, 1.82) is 0 Å². The second kappa shape index (κ2) is 17.9. The Morgan fingerprint density at radius 3 is 1.78 bits per heavy atom. The molecule has 0 saturated heterocycles. The van der Waals surface area contributed by atoms with Crippen LogP contribution < -0.4 is 0 Å². The molecule has 1 aliphatic heterocycles. The zero-order valence-electron chi connectivity index (χ0n) is 32.0. The summed E-state index contributed by atoms with van der Waals surface area (Å²) in [5, 5.41) is 8.79. The van der Waals surface area contributed by atoms with E-state index in [1.807, 2.05) is 30.3 Å². The van der Waals surface area contributed by atoms with Gasteiger partial charge in [-0.1, -0.05) is 140 Å². The minimum atomic E-state index is -0.186. The van der Waals surface area contributed by atoms with Crippen LogP contribution in [0.25, 0.3) is 54.2 Å². The number of fused-ring (bicyclic) bond motifs is 2. The van der Waals surface area contributed by atoms with E-state index in [1.54, 1.807) is 17.4 Å². The number of rotatable bonds is 18. The standard InChI is InChI=1S/C46H51FN4OS2/c1-5-9-11-30(7-3)13-15-32-17-20-35(21-18-32)39-27-28-40(53-39)42-44-43(48-52-49-44)41(45-46(42)51-54-50-45)36-24-22-34(23-25-36)37-26-19-33(29-38(37)47)16-14-31(8-4)12-10-6-2/h17-31H,5-16H2,1-4H3. The maximum atomic E-state index is 15.5. The molecule has 4 aromatic carbocycles. The number of nitrogens with zero attached hydrogens (tertiary/aromatic N) is 4. The number of hydrogen-bond donors (Lipinski definition) is 0. The second-order valence-electron chi connectivity index (χ2n) is 14.8. The van der Waals surface area contributed by atoms with Gasteiger partial charge in [0.15, 0.2) is 0 Å². The molecule has 0 radical (unpaired) electrons. The summed E-state index contributed by atoms with van der Waals surface area (Å²) in [5.74, 6) is 1.33. The van der Waals surface area contributed by atoms with E-state index in [1.165, 1.54) is 85.1 Å². The molecule has 0 aliphatic carbocycles. The molecule has 2 unspecified atom stereocenters. The Labute approximate surface area is 327 Å². The Hall–Kier alpha value is -4.27. The van der Waals surface area contributed by atoms with Crippen molar-refractivity contribution in [3.8, 4) is 43.1 Å². The molecule has 3 heterocycles. The molecule has 0 amide bonds. The van der Waals surface area contributed by atoms with Crippen LogP contribution in [0.1, 0.15) is 103 Å². The molecule has 1 aliphatic rings. The molecule has 280 valence electrons. The number of aromatic nitrogens is 2. The lowest BCUT2D eigenvalue weighted by Crippen LogP contribution is -2.01. The fourth-order valence-electron chi connectivity index (χ4n) is 7.82. The van der Waals surface area contributed by atoms with Crippen molar-refractivity contribution in [2.45, 2.75) is 105 Å². The summed E-state index contributed by atoms with van der Waals surface area (Å²) in [6.07, 6.45) is 14.5. The average molecular weight is 759 g/mol. The smallest absolute Gasteiger partial charge is 0.146 e. The van der Waals surface area contributed by atoms with E-state index in [0.717, 1.165) is 69.2 Å². The van der Waals surface area contributed by atoms with Crippen LogP contribution in [0.15, 0.2) is 92.2 Å². The van der Waals surface area contributed by atoms with Gasteiger partial charge in [-0.25, -0.2) is 9.02 Å². The van der Waals surface area contributed by atoms with Gasteiger partial charge in [0.25, 0.3) is 0 Å². The molecule has 0 bridgehead atoms. The summed E-state index contributed by atoms with van der Waals surface area (Å²) >= 11 is 2.90. The van der Waals surface area contributed by atoms with Crippen LogP contribution in [0.4, 0.5) is 15.8 Å². The van der Waals surface area contributed by atoms with Gasteiger partial charge in [-0.05, 0) is 93.8 Å². The van der Waals surface area contributed by atoms with E-state index < -0.39 is 0 Å². The van der Waals surface area contributed by atoms with E-state index in [4.69, 9.17) is 13.4 Å². The highest BCUT2D eigenvalue weighted by atomic mass is 32.1. The van der Waals surface area contributed by atoms with Gasteiger partial charge in [-0.3, -0.25) is 0 Å². The molecule has 8 heteroatoms. The molecular weight excluding hydrogens is 708 g/mol. The van der Waals surface area contributed by atoms with Crippen LogP contribution in [0, 0.1) is 17.7 Å². The Balaban J connectivity index is 1.11. The van der Waals surface area contributed by atoms with Gasteiger partial charge in [-0.15, -0.1) is 11.3 Å². The van der Waals surface area contributed by atoms with E-state index in [2.05, 4.69) is 80.5 Å². The molecule has 2 aromatic heterocycles. The van der Waals surface area contributed by atoms with Crippen LogP contribution in [0.5, 0.6) is 0 Å². The van der Waals surface area contributed by atoms with Crippen molar-refractivity contribution < 1.29 is 9.02 Å². The maximum absolute atomic E-state index is 15.5. The van der Waals surface area contributed by atoms with Crippen molar-refractivity contribution in [3.63, 3.8) is 0 Å². The molecule has 6 aromatic rings. The summed E-state index contributed by atoms with van der Waals surface area (Å²) in [6, 6.07) is 27.0. The normalized spacial score (nSPS) is 13.4. The summed E-state index contributed by atoms with van der Waals surface area (Å²) in [6.45, 7) is 9.10. The van der Waals surface area contributed by atoms with E-state index in [0.29, 0.717) is 22.5 Å². The topological polar surface area (TPSA) is 63.6 Å². The van der Waals surface area contributed by atoms with Gasteiger partial charge in [0.05, 0.1) is 16.9 Å². The number of thiophene rings is 1. The second-order valence-corrected chi connectivity index (χ2v) is 16.4. The van der Waals surface area contributed by atoms with E-state index >= 15 is 4.39 Å². The number of aryl methyl sites for hydroxylation is 2. The fourth-order valence-corrected chi connectivity index (χ4v) is 9.44. The largest absolute Gasteiger partial charge is 0.243 e. The quantitative estimate of drug-likeness (QED) is 0.0875. The van der Waals surface area contributed by atoms with Gasteiger partial charge in [0.2, 0.25) is 0 Å². The van der Waals surface area contributed by atoms with Crippen LogP contribution in [0.2, 0.25) is 0 Å². The monoisotopic (exact) mass is 758 g/mol. The Morgan fingerprint density at radius 1 is 0.593 bits per heavy atom. The predicted molar refractivity (Wildman–Crippen MR) is 226 cm³/mol. The first-order chi connectivity index (χ1) is 26.5. The number of halogens is 1. The third-order valence-corrected chi connectivity index (χ3v) is 13.0. The van der Waals surface area contributed by atoms with Gasteiger partial charge >= 0.3 is 0 Å². The molecule has 0 saturated carbocycles. The average Bonchev–Trinajstić information content (AvgIpc) is 4.00. The van der Waals surface area contributed by atoms with Crippen molar-refractivity contribution in [1.82, 2.24) is 10.3 Å². The molecule has 0 spiro atoms. The minimum absolute atomic E-state index is 0.186. The fraction of sp³-hybridized carbons (Fsp3) is 0.391. The molecule has 7 rings (SSSR count). The van der Waals surface area contributed by atoms with Crippen molar-refractivity contribution in [2.75, 3.05) is 0 Å². The molecule has 54 heavy (non-hydrogen) atoms. The van der Waals surface area contributed by atoms with Crippen molar-refractivity contribution >= 4 is 45.1 Å². The number of benzene rings is 4. The lowest BCUT2D eigenvalue weighted by atomic mass is 9.91. The third-order valence-electron chi connectivity index (χ3n) is 11.3. The first-order valence-corrected chi connectivity index (χ1v) is 21.5. The van der Waals surface area contributed by atoms with Gasteiger partial charge in [-0.2, -0.15) is 8.73 Å². The Morgan fingerprint density at radius 2 is 1.15 bits per heavy atom. The highest BCUT2D eigenvalue weighted by Gasteiger charge is 2.28. The van der Waals surface area contributed by atoms with Crippen LogP contribution in [-0.4, -0.2) is 10.3 Å². The number of hydrogen-bond acceptors (Lipinski definition) is 6. The molecular formula is C46H51FN4OS2. The Kier molecular flexibility index (Phi) is 12.6. The van der Waals surface area contributed by atoms with Crippen LogP contribution in [0.3, 0.4) is 0 Å². The summed E-state index contributed by atoms with van der Waals surface area (Å²) < 4.78 is 30.4. The first-order valence-electron chi connectivity index (χ1n) is 20.0. The summed E-state index contributed by atoms with van der Waals surface area (Å²) in [7, 11) is 0. The predicted octanol–water partition coefficient (Wildman–Crippen LogP) is 15.1. The molecule has 0 fully saturated rings. The van der Waals surface area contributed by atoms with Crippen LogP contribution in [-0.2, 0) is 24.2 Å². The van der Waals surface area contributed by atoms with E-state index in [9.17, 15) is 0 Å². The van der Waals surface area contributed by atoms with Crippen molar-refractivity contribution in [2.24, 2.45) is 20.6 Å². The summed E-state index contributed by atoms with van der Waals surface area (Å²) in [4.78, 5) is 2.23. The van der Waals surface area contributed by atoms with Crippen LogP contribution >= 0.6 is 11.3 Å². The SMILES string of the molecule is CCCCC(CC)CCc1ccc(-c2ccc(-c3c4c(c(-c5ccc(-c6ccc(CCC(CC)CCCC)cc6F)cc5)c5nonc35)N=S=N4)s2)cc1. The highest BCUT2D eigenvalue weighted by molar-refractivity contribution is 7.58. The Bertz CT molecular complexity index is 2250. The lowest BCUT2D eigenvalue weighted by molar-refractivity contribution is 0.315. The first kappa shape index (κ1) is 38.0. The van der Waals surface area contributed by atoms with Gasteiger partial charge in [0.1, 0.15) is 28.2 Å². The molecule has 0 N–H and O–H groups in total. The summed E-state index contributed by atoms with van der Waals surface area (Å²) in [5.41, 5.74) is 10.5. The zero-order chi connectivity index (χ0) is 37.4. The zero-order valence-corrected chi connectivity index (χ0v) is 33.7. The van der Waals surface area contributed by atoms with Gasteiger partial charge < -0.3 is 0 Å².